The lowest BCUT2D eigenvalue weighted by atomic mass is 9.96. The van der Waals surface area contributed by atoms with Crippen LogP contribution < -0.4 is 4.74 Å². The molecule has 2 heterocycles. The van der Waals surface area contributed by atoms with Crippen molar-refractivity contribution in [1.82, 2.24) is 9.78 Å². The Balaban J connectivity index is 2.30. The monoisotopic (exact) mass is 273 g/mol. The number of aryl methyl sites for hydroxylation is 1. The summed E-state index contributed by atoms with van der Waals surface area (Å²) in [5, 5.41) is 14.2. The lowest BCUT2D eigenvalue weighted by Crippen LogP contribution is -2.11. The Hall–Kier alpha value is -1.99. The van der Waals surface area contributed by atoms with Crippen LogP contribution in [0.2, 0.25) is 5.02 Å². The Bertz CT molecular complexity index is 685. The van der Waals surface area contributed by atoms with Gasteiger partial charge in [-0.2, -0.15) is 10.4 Å². The van der Waals surface area contributed by atoms with Gasteiger partial charge in [-0.25, -0.2) is 0 Å². The Morgan fingerprint density at radius 2 is 2.37 bits per heavy atom. The zero-order chi connectivity index (χ0) is 13.4. The van der Waals surface area contributed by atoms with E-state index in [0.29, 0.717) is 22.9 Å². The molecule has 1 aliphatic rings. The normalized spacial score (nSPS) is 13.5. The van der Waals surface area contributed by atoms with Crippen LogP contribution in [0.4, 0.5) is 0 Å². The van der Waals surface area contributed by atoms with E-state index >= 15 is 0 Å². The van der Waals surface area contributed by atoms with E-state index in [0.717, 1.165) is 29.7 Å². The summed E-state index contributed by atoms with van der Waals surface area (Å²) in [5.41, 5.74) is 3.11. The third-order valence-electron chi connectivity index (χ3n) is 3.36. The third-order valence-corrected chi connectivity index (χ3v) is 3.69. The standard InChI is InChI=1S/C14H12ClN3O/c1-18-13(4-5-17-18)10-7-12(15)9-3-2-6-19-14(9)11(10)8-16/h4-5,7H,2-3,6H2,1H3. The van der Waals surface area contributed by atoms with E-state index in [2.05, 4.69) is 11.2 Å². The molecule has 0 bridgehead atoms. The molecule has 0 saturated carbocycles. The lowest BCUT2D eigenvalue weighted by molar-refractivity contribution is 0.287. The molecule has 0 N–H and O–H groups in total. The fraction of sp³-hybridized carbons (Fsp3) is 0.286. The molecule has 5 heteroatoms. The molecule has 0 amide bonds. The number of nitrogens with zero attached hydrogens (tertiary/aromatic N) is 3. The summed E-state index contributed by atoms with van der Waals surface area (Å²) < 4.78 is 7.39. The van der Waals surface area contributed by atoms with Gasteiger partial charge in [0.15, 0.2) is 0 Å². The van der Waals surface area contributed by atoms with Gasteiger partial charge >= 0.3 is 0 Å². The number of benzene rings is 1. The number of aromatic nitrogens is 2. The first-order valence-corrected chi connectivity index (χ1v) is 6.47. The molecule has 1 aromatic carbocycles. The number of hydrogen-bond donors (Lipinski definition) is 0. The van der Waals surface area contributed by atoms with Crippen LogP contribution in [0.1, 0.15) is 17.5 Å². The Morgan fingerprint density at radius 3 is 3.05 bits per heavy atom. The second-order valence-electron chi connectivity index (χ2n) is 4.49. The maximum Gasteiger partial charge on any atom is 0.142 e. The van der Waals surface area contributed by atoms with Crippen molar-refractivity contribution in [3.05, 3.63) is 34.5 Å². The van der Waals surface area contributed by atoms with Crippen LogP contribution in [0, 0.1) is 11.3 Å². The summed E-state index contributed by atoms with van der Waals surface area (Å²) in [6, 6.07) is 5.94. The molecule has 0 saturated heterocycles. The second-order valence-corrected chi connectivity index (χ2v) is 4.90. The van der Waals surface area contributed by atoms with Gasteiger partial charge < -0.3 is 4.74 Å². The highest BCUT2D eigenvalue weighted by atomic mass is 35.5. The number of nitriles is 1. The van der Waals surface area contributed by atoms with E-state index in [1.807, 2.05) is 19.2 Å². The average molecular weight is 274 g/mol. The zero-order valence-electron chi connectivity index (χ0n) is 10.5. The van der Waals surface area contributed by atoms with Gasteiger partial charge in [0, 0.05) is 29.4 Å². The highest BCUT2D eigenvalue weighted by Crippen LogP contribution is 2.40. The Labute approximate surface area is 116 Å². The summed E-state index contributed by atoms with van der Waals surface area (Å²) in [7, 11) is 1.84. The van der Waals surface area contributed by atoms with Crippen LogP contribution in [0.3, 0.4) is 0 Å². The van der Waals surface area contributed by atoms with Gasteiger partial charge in [-0.1, -0.05) is 11.6 Å². The third kappa shape index (κ3) is 1.87. The molecule has 0 fully saturated rings. The van der Waals surface area contributed by atoms with Crippen LogP contribution in [-0.4, -0.2) is 16.4 Å². The van der Waals surface area contributed by atoms with Crippen molar-refractivity contribution in [3.8, 4) is 23.1 Å². The molecule has 19 heavy (non-hydrogen) atoms. The SMILES string of the molecule is Cn1nccc1-c1cc(Cl)c2c(c1C#N)OCCC2. The van der Waals surface area contributed by atoms with Crippen LogP contribution in [0.15, 0.2) is 18.3 Å². The first-order chi connectivity index (χ1) is 9.22. The number of halogens is 1. The first-order valence-electron chi connectivity index (χ1n) is 6.09. The maximum atomic E-state index is 9.45. The number of hydrogen-bond acceptors (Lipinski definition) is 3. The smallest absolute Gasteiger partial charge is 0.142 e. The molecule has 2 aromatic rings. The number of rotatable bonds is 1. The van der Waals surface area contributed by atoms with Gasteiger partial charge in [-0.15, -0.1) is 0 Å². The summed E-state index contributed by atoms with van der Waals surface area (Å²) in [6.07, 6.45) is 3.49. The van der Waals surface area contributed by atoms with Crippen molar-refractivity contribution in [3.63, 3.8) is 0 Å². The zero-order valence-corrected chi connectivity index (χ0v) is 11.2. The fourth-order valence-electron chi connectivity index (χ4n) is 2.43. The van der Waals surface area contributed by atoms with Crippen molar-refractivity contribution in [2.24, 2.45) is 7.05 Å². The predicted molar refractivity (Wildman–Crippen MR) is 72.2 cm³/mol. The summed E-state index contributed by atoms with van der Waals surface area (Å²) in [5.74, 6) is 0.637. The molecule has 96 valence electrons. The van der Waals surface area contributed by atoms with Crippen LogP contribution >= 0.6 is 11.6 Å². The van der Waals surface area contributed by atoms with Crippen molar-refractivity contribution in [2.75, 3.05) is 6.61 Å². The van der Waals surface area contributed by atoms with Gasteiger partial charge in [0.2, 0.25) is 0 Å². The van der Waals surface area contributed by atoms with Crippen molar-refractivity contribution < 1.29 is 4.74 Å². The quantitative estimate of drug-likeness (QED) is 0.803. The van der Waals surface area contributed by atoms with Crippen LogP contribution in [0.5, 0.6) is 5.75 Å². The molecule has 1 aliphatic heterocycles. The summed E-state index contributed by atoms with van der Waals surface area (Å²) in [6.45, 7) is 0.632. The summed E-state index contributed by atoms with van der Waals surface area (Å²) >= 11 is 6.33. The molecular weight excluding hydrogens is 262 g/mol. The highest BCUT2D eigenvalue weighted by Gasteiger charge is 2.23. The molecule has 1 aromatic heterocycles. The van der Waals surface area contributed by atoms with Gasteiger partial charge in [-0.3, -0.25) is 4.68 Å². The topological polar surface area (TPSA) is 50.8 Å². The molecule has 3 rings (SSSR count). The van der Waals surface area contributed by atoms with Gasteiger partial charge in [0.25, 0.3) is 0 Å². The van der Waals surface area contributed by atoms with E-state index in [4.69, 9.17) is 16.3 Å². The Morgan fingerprint density at radius 1 is 1.53 bits per heavy atom. The van der Waals surface area contributed by atoms with Crippen LogP contribution in [-0.2, 0) is 13.5 Å². The molecule has 4 nitrogen and oxygen atoms in total. The van der Waals surface area contributed by atoms with Crippen molar-refractivity contribution >= 4 is 11.6 Å². The molecule has 0 radical (unpaired) electrons. The minimum atomic E-state index is 0.544. The van der Waals surface area contributed by atoms with Gasteiger partial charge in [0.1, 0.15) is 17.4 Å². The minimum Gasteiger partial charge on any atom is -0.492 e. The fourth-order valence-corrected chi connectivity index (χ4v) is 2.72. The van der Waals surface area contributed by atoms with Gasteiger partial charge in [-0.05, 0) is 25.0 Å². The van der Waals surface area contributed by atoms with E-state index in [1.54, 1.807) is 10.9 Å². The molecule has 0 atom stereocenters. The minimum absolute atomic E-state index is 0.544. The molecular formula is C14H12ClN3O. The van der Waals surface area contributed by atoms with Crippen LogP contribution in [0.25, 0.3) is 11.3 Å². The van der Waals surface area contributed by atoms with Gasteiger partial charge in [0.05, 0.1) is 12.3 Å². The maximum absolute atomic E-state index is 9.45. The largest absolute Gasteiger partial charge is 0.492 e. The highest BCUT2D eigenvalue weighted by molar-refractivity contribution is 6.32. The number of fused-ring (bicyclic) bond motifs is 1. The average Bonchev–Trinajstić information content (AvgIpc) is 2.85. The second kappa shape index (κ2) is 4.60. The van der Waals surface area contributed by atoms with E-state index in [1.165, 1.54) is 0 Å². The molecule has 0 unspecified atom stereocenters. The molecule has 0 spiro atoms. The predicted octanol–water partition coefficient (Wildman–Crippen LogP) is 2.94. The van der Waals surface area contributed by atoms with E-state index in [-0.39, 0.29) is 0 Å². The Kier molecular flexibility index (Phi) is 2.92. The van der Waals surface area contributed by atoms with Crippen molar-refractivity contribution in [2.45, 2.75) is 12.8 Å². The van der Waals surface area contributed by atoms with E-state index in [9.17, 15) is 5.26 Å². The lowest BCUT2D eigenvalue weighted by Gasteiger charge is -2.21. The number of ether oxygens (including phenoxy) is 1. The van der Waals surface area contributed by atoms with Crippen molar-refractivity contribution in [1.29, 1.82) is 5.26 Å². The molecule has 0 aliphatic carbocycles. The summed E-state index contributed by atoms with van der Waals surface area (Å²) in [4.78, 5) is 0. The van der Waals surface area contributed by atoms with E-state index < -0.39 is 0 Å². The first kappa shape index (κ1) is 12.1.